The Labute approximate surface area is 190 Å². The first kappa shape index (κ1) is 22.2. The first-order valence-electron chi connectivity index (χ1n) is 10.9. The lowest BCUT2D eigenvalue weighted by Crippen LogP contribution is -2.35. The summed E-state index contributed by atoms with van der Waals surface area (Å²) in [6, 6.07) is 24.8. The van der Waals surface area contributed by atoms with Gasteiger partial charge in [-0.15, -0.1) is 0 Å². The molecule has 0 fully saturated rings. The highest BCUT2D eigenvalue weighted by Crippen LogP contribution is 2.31. The molecule has 4 rings (SSSR count). The molecule has 1 aliphatic heterocycles. The fraction of sp³-hybridized carbons (Fsp3) is 0.269. The Morgan fingerprint density at radius 2 is 1.59 bits per heavy atom. The van der Waals surface area contributed by atoms with E-state index in [1.54, 1.807) is 34.3 Å². The van der Waals surface area contributed by atoms with Crippen molar-refractivity contribution in [3.8, 4) is 0 Å². The Morgan fingerprint density at radius 3 is 2.25 bits per heavy atom. The summed E-state index contributed by atoms with van der Waals surface area (Å²) >= 11 is 0. The van der Waals surface area contributed by atoms with E-state index in [-0.39, 0.29) is 10.8 Å². The Hall–Kier alpha value is -2.96. The van der Waals surface area contributed by atoms with E-state index >= 15 is 0 Å². The summed E-state index contributed by atoms with van der Waals surface area (Å²) in [7, 11) is -3.71. The summed E-state index contributed by atoms with van der Waals surface area (Å²) in [5, 5.41) is 0. The summed E-state index contributed by atoms with van der Waals surface area (Å²) in [4.78, 5) is 14.0. The fourth-order valence-electron chi connectivity index (χ4n) is 4.18. The number of benzene rings is 3. The lowest BCUT2D eigenvalue weighted by Gasteiger charge is -2.29. The average Bonchev–Trinajstić information content (AvgIpc) is 2.82. The van der Waals surface area contributed by atoms with Crippen LogP contribution < -0.4 is 4.90 Å². The molecule has 0 aromatic heterocycles. The number of nitrogens with zero attached hydrogens (tertiary/aromatic N) is 2. The lowest BCUT2D eigenvalue weighted by molar-refractivity contribution is -0.116. The van der Waals surface area contributed by atoms with Crippen LogP contribution in [0.1, 0.15) is 30.0 Å². The van der Waals surface area contributed by atoms with Crippen molar-refractivity contribution < 1.29 is 13.2 Å². The predicted molar refractivity (Wildman–Crippen MR) is 127 cm³/mol. The average molecular weight is 449 g/mol. The molecular weight excluding hydrogens is 420 g/mol. The molecule has 0 unspecified atom stereocenters. The summed E-state index contributed by atoms with van der Waals surface area (Å²) in [6.45, 7) is 2.92. The van der Waals surface area contributed by atoms with Crippen LogP contribution in [0.5, 0.6) is 0 Å². The minimum Gasteiger partial charge on any atom is -0.312 e. The first-order chi connectivity index (χ1) is 15.4. The molecule has 5 nitrogen and oxygen atoms in total. The molecule has 0 saturated carbocycles. The summed E-state index contributed by atoms with van der Waals surface area (Å²) in [6.07, 6.45) is 2.24. The van der Waals surface area contributed by atoms with Crippen molar-refractivity contribution in [1.82, 2.24) is 4.31 Å². The maximum absolute atomic E-state index is 13.7. The van der Waals surface area contributed by atoms with Gasteiger partial charge in [-0.2, -0.15) is 4.31 Å². The van der Waals surface area contributed by atoms with Crippen molar-refractivity contribution >= 4 is 21.6 Å². The number of carbonyl (C=O) groups is 1. The van der Waals surface area contributed by atoms with Crippen LogP contribution in [0.2, 0.25) is 0 Å². The molecule has 3 aromatic rings. The number of hydrogen-bond acceptors (Lipinski definition) is 3. The number of carbonyl (C=O) groups excluding carboxylic acids is 1. The van der Waals surface area contributed by atoms with E-state index in [1.807, 2.05) is 60.7 Å². The molecule has 0 saturated heterocycles. The number of hydrogen-bond donors (Lipinski definition) is 0. The van der Waals surface area contributed by atoms with Crippen molar-refractivity contribution in [3.63, 3.8) is 0 Å². The van der Waals surface area contributed by atoms with E-state index in [2.05, 4.69) is 0 Å². The third kappa shape index (κ3) is 4.92. The third-order valence-electron chi connectivity index (χ3n) is 5.88. The number of aryl methyl sites for hydroxylation is 1. The van der Waals surface area contributed by atoms with Crippen LogP contribution >= 0.6 is 0 Å². The number of sulfonamides is 1. The lowest BCUT2D eigenvalue weighted by atomic mass is 10.0. The molecule has 1 aliphatic rings. The van der Waals surface area contributed by atoms with Gasteiger partial charge in [0.15, 0.2) is 0 Å². The van der Waals surface area contributed by atoms with E-state index in [1.165, 1.54) is 0 Å². The molecule has 32 heavy (non-hydrogen) atoms. The minimum atomic E-state index is -3.71. The number of anilines is 1. The number of fused-ring (bicyclic) bond motifs is 1. The van der Waals surface area contributed by atoms with Crippen LogP contribution in [0.15, 0.2) is 83.8 Å². The van der Waals surface area contributed by atoms with Crippen molar-refractivity contribution in [2.24, 2.45) is 0 Å². The van der Waals surface area contributed by atoms with Gasteiger partial charge in [-0.1, -0.05) is 60.7 Å². The molecule has 6 heteroatoms. The predicted octanol–water partition coefficient (Wildman–Crippen LogP) is 4.42. The van der Waals surface area contributed by atoms with E-state index in [0.717, 1.165) is 35.2 Å². The van der Waals surface area contributed by atoms with Crippen LogP contribution in [0.25, 0.3) is 0 Å². The Bertz CT molecular complexity index is 1180. The van der Waals surface area contributed by atoms with Gasteiger partial charge in [0.05, 0.1) is 4.90 Å². The van der Waals surface area contributed by atoms with Crippen molar-refractivity contribution in [2.45, 2.75) is 37.6 Å². The maximum Gasteiger partial charge on any atom is 0.243 e. The van der Waals surface area contributed by atoms with Crippen molar-refractivity contribution in [1.29, 1.82) is 0 Å². The van der Waals surface area contributed by atoms with Gasteiger partial charge < -0.3 is 4.90 Å². The molecule has 1 heterocycles. The summed E-state index contributed by atoms with van der Waals surface area (Å²) in [5.41, 5.74) is 3.78. The summed E-state index contributed by atoms with van der Waals surface area (Å²) in [5.74, 6) is -0.0184. The van der Waals surface area contributed by atoms with E-state index in [9.17, 15) is 13.2 Å². The Morgan fingerprint density at radius 1 is 0.938 bits per heavy atom. The van der Waals surface area contributed by atoms with E-state index in [4.69, 9.17) is 0 Å². The van der Waals surface area contributed by atoms with Crippen LogP contribution in [0.4, 0.5) is 5.69 Å². The molecule has 0 aliphatic carbocycles. The van der Waals surface area contributed by atoms with E-state index < -0.39 is 10.0 Å². The van der Waals surface area contributed by atoms with Gasteiger partial charge in [-0.25, -0.2) is 8.42 Å². The van der Waals surface area contributed by atoms with Gasteiger partial charge in [0.25, 0.3) is 0 Å². The highest BCUT2D eigenvalue weighted by molar-refractivity contribution is 7.89. The molecule has 1 amide bonds. The van der Waals surface area contributed by atoms with Crippen molar-refractivity contribution in [3.05, 3.63) is 95.6 Å². The smallest absolute Gasteiger partial charge is 0.243 e. The second kappa shape index (κ2) is 9.67. The minimum absolute atomic E-state index is 0.0184. The SMILES string of the molecule is CC(=O)N1CCCc2cc(S(=O)(=O)N(CCc3ccccc3)Cc3ccccc3)ccc21. The molecule has 0 radical (unpaired) electrons. The monoisotopic (exact) mass is 448 g/mol. The van der Waals surface area contributed by atoms with Gasteiger partial charge in [0, 0.05) is 32.2 Å². The second-order valence-electron chi connectivity index (χ2n) is 8.12. The van der Waals surface area contributed by atoms with Crippen LogP contribution in [0.3, 0.4) is 0 Å². The molecule has 0 N–H and O–H groups in total. The molecular formula is C26H28N2O3S. The fourth-order valence-corrected chi connectivity index (χ4v) is 5.66. The normalized spacial score (nSPS) is 13.8. The van der Waals surface area contributed by atoms with Gasteiger partial charge in [-0.05, 0) is 54.2 Å². The topological polar surface area (TPSA) is 57.7 Å². The maximum atomic E-state index is 13.7. The number of rotatable bonds is 7. The van der Waals surface area contributed by atoms with Gasteiger partial charge in [0.2, 0.25) is 15.9 Å². The zero-order valence-corrected chi connectivity index (χ0v) is 19.1. The zero-order valence-electron chi connectivity index (χ0n) is 18.3. The first-order valence-corrected chi connectivity index (χ1v) is 12.4. The Kier molecular flexibility index (Phi) is 6.72. The number of amides is 1. The van der Waals surface area contributed by atoms with Crippen LogP contribution in [0, 0.1) is 0 Å². The molecule has 166 valence electrons. The Balaban J connectivity index is 1.65. The van der Waals surface area contributed by atoms with Gasteiger partial charge in [-0.3, -0.25) is 4.79 Å². The van der Waals surface area contributed by atoms with E-state index in [0.29, 0.717) is 26.1 Å². The quantitative estimate of drug-likeness (QED) is 0.538. The van der Waals surface area contributed by atoms with Crippen LogP contribution in [-0.4, -0.2) is 31.7 Å². The molecule has 0 spiro atoms. The largest absolute Gasteiger partial charge is 0.312 e. The van der Waals surface area contributed by atoms with Crippen molar-refractivity contribution in [2.75, 3.05) is 18.0 Å². The standard InChI is InChI=1S/C26H28N2O3S/c1-21(29)28-17-8-13-24-19-25(14-15-26(24)28)32(30,31)27(20-23-11-6-3-7-12-23)18-16-22-9-4-2-5-10-22/h2-7,9-12,14-15,19H,8,13,16-18,20H2,1H3. The highest BCUT2D eigenvalue weighted by Gasteiger charge is 2.27. The van der Waals surface area contributed by atoms with Gasteiger partial charge >= 0.3 is 0 Å². The molecule has 3 aromatic carbocycles. The zero-order chi connectivity index (χ0) is 22.6. The highest BCUT2D eigenvalue weighted by atomic mass is 32.2. The molecule has 0 atom stereocenters. The summed E-state index contributed by atoms with van der Waals surface area (Å²) < 4.78 is 29.0. The van der Waals surface area contributed by atoms with Gasteiger partial charge in [0.1, 0.15) is 0 Å². The van der Waals surface area contributed by atoms with Crippen LogP contribution in [-0.2, 0) is 34.2 Å². The second-order valence-corrected chi connectivity index (χ2v) is 10.1. The molecule has 0 bridgehead atoms. The third-order valence-corrected chi connectivity index (χ3v) is 7.72.